The maximum Gasteiger partial charge on any atom is 0.133 e. The van der Waals surface area contributed by atoms with Crippen LogP contribution < -0.4 is 10.6 Å². The van der Waals surface area contributed by atoms with Gasteiger partial charge in [-0.25, -0.2) is 4.98 Å². The lowest BCUT2D eigenvalue weighted by molar-refractivity contribution is 0.655. The van der Waals surface area contributed by atoms with Gasteiger partial charge in [-0.15, -0.1) is 0 Å². The molecule has 0 bridgehead atoms. The van der Waals surface area contributed by atoms with E-state index in [2.05, 4.69) is 40.7 Å². The monoisotopic (exact) mass is 215 g/mol. The van der Waals surface area contributed by atoms with Gasteiger partial charge in [0.15, 0.2) is 0 Å². The van der Waals surface area contributed by atoms with Crippen LogP contribution >= 0.6 is 0 Å². The number of rotatable bonds is 3. The first-order valence-electron chi connectivity index (χ1n) is 5.50. The predicted octanol–water partition coefficient (Wildman–Crippen LogP) is 2.56. The molecule has 3 nitrogen and oxygen atoms in total. The number of pyridine rings is 1. The zero-order valence-corrected chi connectivity index (χ0v) is 9.91. The average molecular weight is 215 g/mol. The summed E-state index contributed by atoms with van der Waals surface area (Å²) in [6.07, 6.45) is 1.94. The zero-order chi connectivity index (χ0) is 11.5. The Morgan fingerprint density at radius 2 is 1.81 bits per heavy atom. The predicted molar refractivity (Wildman–Crippen MR) is 68.8 cm³/mol. The van der Waals surface area contributed by atoms with E-state index >= 15 is 0 Å². The van der Waals surface area contributed by atoms with Gasteiger partial charge in [0.2, 0.25) is 0 Å². The Bertz CT molecular complexity index is 494. The second-order valence-corrected chi connectivity index (χ2v) is 3.87. The molecule has 0 saturated carbocycles. The van der Waals surface area contributed by atoms with Gasteiger partial charge in [-0.1, -0.05) is 24.3 Å². The number of nitrogens with one attached hydrogen (secondary N) is 2. The van der Waals surface area contributed by atoms with Crippen molar-refractivity contribution in [2.24, 2.45) is 0 Å². The fourth-order valence-corrected chi connectivity index (χ4v) is 1.91. The van der Waals surface area contributed by atoms with Gasteiger partial charge < -0.3 is 10.6 Å². The molecule has 2 aromatic rings. The maximum absolute atomic E-state index is 4.44. The summed E-state index contributed by atoms with van der Waals surface area (Å²) in [5.41, 5.74) is 1.23. The number of benzene rings is 1. The maximum atomic E-state index is 4.44. The van der Waals surface area contributed by atoms with Gasteiger partial charge in [-0.05, 0) is 24.9 Å². The van der Waals surface area contributed by atoms with Crippen molar-refractivity contribution in [3.8, 4) is 0 Å². The van der Waals surface area contributed by atoms with Crippen LogP contribution in [0.5, 0.6) is 0 Å². The molecule has 0 aliphatic heterocycles. The molecule has 0 spiro atoms. The van der Waals surface area contributed by atoms with Gasteiger partial charge in [0, 0.05) is 24.7 Å². The molecule has 84 valence electrons. The number of hydrogen-bond acceptors (Lipinski definition) is 3. The van der Waals surface area contributed by atoms with Crippen molar-refractivity contribution in [2.45, 2.75) is 13.0 Å². The molecular formula is C13H17N3. The molecule has 1 aromatic carbocycles. The normalized spacial score (nSPS) is 12.7. The Morgan fingerprint density at radius 1 is 1.12 bits per heavy atom. The highest BCUT2D eigenvalue weighted by Crippen LogP contribution is 2.27. The first-order valence-corrected chi connectivity index (χ1v) is 5.50. The van der Waals surface area contributed by atoms with Gasteiger partial charge in [0.1, 0.15) is 5.82 Å². The third-order valence-corrected chi connectivity index (χ3v) is 2.96. The highest BCUT2D eigenvalue weighted by Gasteiger charge is 2.10. The van der Waals surface area contributed by atoms with Crippen LogP contribution in [0.4, 0.5) is 5.82 Å². The number of fused-ring (bicyclic) bond motifs is 1. The lowest BCUT2D eigenvalue weighted by Gasteiger charge is -2.15. The summed E-state index contributed by atoms with van der Waals surface area (Å²) < 4.78 is 0. The quantitative estimate of drug-likeness (QED) is 0.826. The van der Waals surface area contributed by atoms with Gasteiger partial charge in [0.05, 0.1) is 0 Å². The van der Waals surface area contributed by atoms with Crippen LogP contribution in [0.25, 0.3) is 10.8 Å². The smallest absolute Gasteiger partial charge is 0.133 e. The fourth-order valence-electron chi connectivity index (χ4n) is 1.91. The molecule has 0 radical (unpaired) electrons. The van der Waals surface area contributed by atoms with Gasteiger partial charge in [0.25, 0.3) is 0 Å². The van der Waals surface area contributed by atoms with E-state index in [0.29, 0.717) is 6.04 Å². The van der Waals surface area contributed by atoms with Crippen LogP contribution in [0.1, 0.15) is 18.5 Å². The van der Waals surface area contributed by atoms with Crippen molar-refractivity contribution in [1.29, 1.82) is 0 Å². The van der Waals surface area contributed by atoms with E-state index in [-0.39, 0.29) is 0 Å². The van der Waals surface area contributed by atoms with Crippen molar-refractivity contribution in [2.75, 3.05) is 19.4 Å². The third kappa shape index (κ3) is 1.74. The summed E-state index contributed by atoms with van der Waals surface area (Å²) in [7, 11) is 3.86. The standard InChI is InChI=1S/C13H17N3/c1-9(14-2)12-8-16-13(15-3)11-7-5-4-6-10(11)12/h4-9,14H,1-3H3,(H,15,16). The molecule has 16 heavy (non-hydrogen) atoms. The SMILES string of the molecule is CNc1ncc(C(C)NC)c2ccccc12. The molecule has 1 atom stereocenters. The summed E-state index contributed by atoms with van der Waals surface area (Å²) in [6.45, 7) is 2.14. The number of nitrogens with zero attached hydrogens (tertiary/aromatic N) is 1. The van der Waals surface area contributed by atoms with E-state index in [1.807, 2.05) is 26.4 Å². The summed E-state index contributed by atoms with van der Waals surface area (Å²) in [4.78, 5) is 4.44. The molecule has 0 aliphatic carbocycles. The van der Waals surface area contributed by atoms with Gasteiger partial charge >= 0.3 is 0 Å². The third-order valence-electron chi connectivity index (χ3n) is 2.96. The molecule has 2 N–H and O–H groups in total. The van der Waals surface area contributed by atoms with Gasteiger partial charge in [-0.2, -0.15) is 0 Å². The van der Waals surface area contributed by atoms with E-state index in [1.54, 1.807) is 0 Å². The lowest BCUT2D eigenvalue weighted by atomic mass is 10.0. The van der Waals surface area contributed by atoms with Crippen molar-refractivity contribution in [3.05, 3.63) is 36.0 Å². The summed E-state index contributed by atoms with van der Waals surface area (Å²) >= 11 is 0. The van der Waals surface area contributed by atoms with Crippen molar-refractivity contribution in [1.82, 2.24) is 10.3 Å². The molecule has 3 heteroatoms. The van der Waals surface area contributed by atoms with Crippen molar-refractivity contribution in [3.63, 3.8) is 0 Å². The number of hydrogen-bond donors (Lipinski definition) is 2. The van der Waals surface area contributed by atoms with Crippen LogP contribution in [0.2, 0.25) is 0 Å². The number of aromatic nitrogens is 1. The first-order chi connectivity index (χ1) is 7.77. The lowest BCUT2D eigenvalue weighted by Crippen LogP contribution is -2.13. The molecule has 2 rings (SSSR count). The average Bonchev–Trinajstić information content (AvgIpc) is 2.36. The van der Waals surface area contributed by atoms with E-state index < -0.39 is 0 Å². The Morgan fingerprint density at radius 3 is 2.44 bits per heavy atom. The van der Waals surface area contributed by atoms with E-state index in [9.17, 15) is 0 Å². The van der Waals surface area contributed by atoms with Crippen LogP contribution in [0.15, 0.2) is 30.5 Å². The van der Waals surface area contributed by atoms with Crippen LogP contribution in [-0.2, 0) is 0 Å². The molecular weight excluding hydrogens is 198 g/mol. The highest BCUT2D eigenvalue weighted by atomic mass is 15.0. The Labute approximate surface area is 95.9 Å². The summed E-state index contributed by atoms with van der Waals surface area (Å²) in [5, 5.41) is 8.80. The zero-order valence-electron chi connectivity index (χ0n) is 9.91. The van der Waals surface area contributed by atoms with E-state index in [1.165, 1.54) is 16.3 Å². The molecule has 0 amide bonds. The number of anilines is 1. The summed E-state index contributed by atoms with van der Waals surface area (Å²) in [6, 6.07) is 8.65. The van der Waals surface area contributed by atoms with Gasteiger partial charge in [-0.3, -0.25) is 0 Å². The molecule has 1 unspecified atom stereocenters. The Kier molecular flexibility index (Phi) is 3.06. The minimum absolute atomic E-state index is 0.309. The second-order valence-electron chi connectivity index (χ2n) is 3.87. The highest BCUT2D eigenvalue weighted by molar-refractivity contribution is 5.94. The van der Waals surface area contributed by atoms with Crippen molar-refractivity contribution >= 4 is 16.6 Å². The molecule has 1 heterocycles. The van der Waals surface area contributed by atoms with E-state index in [0.717, 1.165) is 5.82 Å². The minimum atomic E-state index is 0.309. The molecule has 1 aromatic heterocycles. The topological polar surface area (TPSA) is 37.0 Å². The molecule has 0 fully saturated rings. The minimum Gasteiger partial charge on any atom is -0.373 e. The Balaban J connectivity index is 2.69. The largest absolute Gasteiger partial charge is 0.373 e. The summed E-state index contributed by atoms with van der Waals surface area (Å²) in [5.74, 6) is 0.933. The fraction of sp³-hybridized carbons (Fsp3) is 0.308. The van der Waals surface area contributed by atoms with Crippen LogP contribution in [0.3, 0.4) is 0 Å². The molecule has 0 aliphatic rings. The van der Waals surface area contributed by atoms with E-state index in [4.69, 9.17) is 0 Å². The van der Waals surface area contributed by atoms with Crippen LogP contribution in [-0.4, -0.2) is 19.1 Å². The van der Waals surface area contributed by atoms with Crippen LogP contribution in [0, 0.1) is 0 Å². The Hall–Kier alpha value is -1.61. The second kappa shape index (κ2) is 4.49. The van der Waals surface area contributed by atoms with Crippen molar-refractivity contribution < 1.29 is 0 Å². The first kappa shape index (κ1) is 10.9. The molecule has 0 saturated heterocycles.